The van der Waals surface area contributed by atoms with E-state index in [2.05, 4.69) is 202 Å². The summed E-state index contributed by atoms with van der Waals surface area (Å²) < 4.78 is 10.9. The van der Waals surface area contributed by atoms with E-state index in [-0.39, 0.29) is 0 Å². The van der Waals surface area contributed by atoms with Crippen LogP contribution in [0.5, 0.6) is 0 Å². The van der Waals surface area contributed by atoms with Gasteiger partial charge >= 0.3 is 0 Å². The highest BCUT2D eigenvalue weighted by Gasteiger charge is 2.19. The summed E-state index contributed by atoms with van der Waals surface area (Å²) in [6, 6.07) is 69.2. The zero-order chi connectivity index (χ0) is 35.6. The van der Waals surface area contributed by atoms with E-state index in [9.17, 15) is 0 Å². The van der Waals surface area contributed by atoms with Crippen molar-refractivity contribution in [1.82, 2.24) is 9.13 Å². The van der Waals surface area contributed by atoms with Crippen molar-refractivity contribution in [3.8, 4) is 22.5 Å². The molecule has 0 fully saturated rings. The van der Waals surface area contributed by atoms with Crippen molar-refractivity contribution in [3.63, 3.8) is 0 Å². The highest BCUT2D eigenvalue weighted by molar-refractivity contribution is 6.20. The molecule has 0 bridgehead atoms. The topological polar surface area (TPSA) is 26.2 Å². The Hall–Kier alpha value is -7.30. The molecule has 0 unspecified atom stereocenters. The third-order valence-electron chi connectivity index (χ3n) is 10.7. The normalized spacial score (nSPS) is 11.7. The van der Waals surface area contributed by atoms with Crippen LogP contribution in [0, 0.1) is 0 Å². The largest absolute Gasteiger partial charge is 0.456 e. The maximum absolute atomic E-state index is 6.22. The molecular formula is C50H33N3O. The molecule has 4 nitrogen and oxygen atoms in total. The van der Waals surface area contributed by atoms with Crippen molar-refractivity contribution in [2.45, 2.75) is 0 Å². The lowest BCUT2D eigenvalue weighted by Crippen LogP contribution is -2.10. The molecule has 0 radical (unpaired) electrons. The molecule has 3 heterocycles. The number of fused-ring (bicyclic) bond motifs is 8. The van der Waals surface area contributed by atoms with E-state index >= 15 is 0 Å². The molecule has 0 aliphatic heterocycles. The second kappa shape index (κ2) is 12.1. The van der Waals surface area contributed by atoms with Crippen LogP contribution in [0.15, 0.2) is 205 Å². The van der Waals surface area contributed by atoms with Crippen molar-refractivity contribution in [1.29, 1.82) is 0 Å². The average molecular weight is 692 g/mol. The van der Waals surface area contributed by atoms with Crippen molar-refractivity contribution >= 4 is 71.7 Å². The number of furan rings is 1. The summed E-state index contributed by atoms with van der Waals surface area (Å²) in [5.41, 5.74) is 13.2. The second-order valence-corrected chi connectivity index (χ2v) is 13.8. The quantitative estimate of drug-likeness (QED) is 0.173. The summed E-state index contributed by atoms with van der Waals surface area (Å²) in [7, 11) is 0. The number of hydrogen-bond donors (Lipinski definition) is 0. The molecule has 0 N–H and O–H groups in total. The van der Waals surface area contributed by atoms with Gasteiger partial charge in [0.15, 0.2) is 0 Å². The third kappa shape index (κ3) is 4.78. The lowest BCUT2D eigenvalue weighted by Gasteiger charge is -2.26. The molecule has 3 aromatic heterocycles. The van der Waals surface area contributed by atoms with Gasteiger partial charge in [0.1, 0.15) is 11.2 Å². The van der Waals surface area contributed by atoms with Gasteiger partial charge in [-0.05, 0) is 102 Å². The molecule has 0 amide bonds. The van der Waals surface area contributed by atoms with Crippen LogP contribution in [-0.2, 0) is 0 Å². The van der Waals surface area contributed by atoms with Gasteiger partial charge in [-0.1, -0.05) is 103 Å². The van der Waals surface area contributed by atoms with Gasteiger partial charge in [0, 0.05) is 61.6 Å². The van der Waals surface area contributed by atoms with Gasteiger partial charge in [0.05, 0.1) is 16.6 Å². The van der Waals surface area contributed by atoms with Crippen molar-refractivity contribution in [2.24, 2.45) is 0 Å². The summed E-state index contributed by atoms with van der Waals surface area (Å²) in [6.07, 6.45) is 2.20. The van der Waals surface area contributed by atoms with Crippen LogP contribution in [0.25, 0.3) is 77.1 Å². The van der Waals surface area contributed by atoms with Gasteiger partial charge in [-0.3, -0.25) is 0 Å². The predicted octanol–water partition coefficient (Wildman–Crippen LogP) is 13.8. The zero-order valence-electron chi connectivity index (χ0n) is 29.3. The Morgan fingerprint density at radius 1 is 0.407 bits per heavy atom. The predicted molar refractivity (Wildman–Crippen MR) is 225 cm³/mol. The maximum atomic E-state index is 6.22. The Labute approximate surface area is 312 Å². The zero-order valence-corrected chi connectivity index (χ0v) is 29.3. The van der Waals surface area contributed by atoms with Gasteiger partial charge < -0.3 is 18.5 Å². The molecule has 11 rings (SSSR count). The van der Waals surface area contributed by atoms with Crippen molar-refractivity contribution < 1.29 is 4.42 Å². The highest BCUT2D eigenvalue weighted by atomic mass is 16.3. The van der Waals surface area contributed by atoms with Crippen LogP contribution >= 0.6 is 0 Å². The molecule has 254 valence electrons. The number of rotatable bonds is 6. The van der Waals surface area contributed by atoms with E-state index in [1.807, 2.05) is 12.1 Å². The summed E-state index contributed by atoms with van der Waals surface area (Å²) in [5, 5.41) is 5.92. The second-order valence-electron chi connectivity index (χ2n) is 13.8. The number of aromatic nitrogens is 2. The van der Waals surface area contributed by atoms with Crippen LogP contribution < -0.4 is 4.90 Å². The molecule has 0 saturated heterocycles. The fourth-order valence-corrected chi connectivity index (χ4v) is 8.25. The van der Waals surface area contributed by atoms with Crippen LogP contribution in [0.4, 0.5) is 17.1 Å². The molecule has 54 heavy (non-hydrogen) atoms. The molecule has 11 aromatic rings. The fourth-order valence-electron chi connectivity index (χ4n) is 8.25. The first-order valence-corrected chi connectivity index (χ1v) is 18.3. The Morgan fingerprint density at radius 2 is 1.04 bits per heavy atom. The minimum Gasteiger partial charge on any atom is -0.456 e. The molecule has 0 aliphatic rings. The van der Waals surface area contributed by atoms with Gasteiger partial charge in [-0.25, -0.2) is 0 Å². The van der Waals surface area contributed by atoms with E-state index in [1.54, 1.807) is 0 Å². The lowest BCUT2D eigenvalue weighted by molar-refractivity contribution is 0.669. The molecule has 0 saturated carbocycles. The van der Waals surface area contributed by atoms with Gasteiger partial charge in [-0.15, -0.1) is 0 Å². The summed E-state index contributed by atoms with van der Waals surface area (Å²) in [6.45, 7) is 0. The third-order valence-corrected chi connectivity index (χ3v) is 10.7. The van der Waals surface area contributed by atoms with E-state index in [1.165, 1.54) is 43.8 Å². The lowest BCUT2D eigenvalue weighted by atomic mass is 10.0. The number of anilines is 3. The first-order chi connectivity index (χ1) is 26.8. The van der Waals surface area contributed by atoms with E-state index in [4.69, 9.17) is 4.42 Å². The Balaban J connectivity index is 1.06. The average Bonchev–Trinajstić information content (AvgIpc) is 3.94. The standard InChI is InChI=1S/C50H33N3O/c1-3-11-34(12-4-1)35-19-22-39(23-20-35)52(41-28-30-48-44(33-41)42-15-8-10-18-47(42)54-48)40-26-24-37(25-27-40)51-32-31-36-21-29-46-49(50(36)51)43-16-7-9-17-45(43)53(46)38-13-5-2-6-14-38/h1-33H. The van der Waals surface area contributed by atoms with Gasteiger partial charge in [0.25, 0.3) is 0 Å². The smallest absolute Gasteiger partial charge is 0.135 e. The summed E-state index contributed by atoms with van der Waals surface area (Å²) in [4.78, 5) is 2.33. The van der Waals surface area contributed by atoms with Crippen LogP contribution in [0.3, 0.4) is 0 Å². The Bertz CT molecular complexity index is 3130. The minimum absolute atomic E-state index is 0.883. The van der Waals surface area contributed by atoms with E-state index < -0.39 is 0 Å². The first-order valence-electron chi connectivity index (χ1n) is 18.3. The Morgan fingerprint density at radius 3 is 1.83 bits per heavy atom. The van der Waals surface area contributed by atoms with Crippen molar-refractivity contribution in [3.05, 3.63) is 200 Å². The molecule has 0 aliphatic carbocycles. The van der Waals surface area contributed by atoms with Crippen LogP contribution in [0.1, 0.15) is 0 Å². The summed E-state index contributed by atoms with van der Waals surface area (Å²) >= 11 is 0. The SMILES string of the molecule is c1ccc(-c2ccc(N(c3ccc(-n4ccc5ccc6c(c7ccccc7n6-c6ccccc6)c54)cc3)c3ccc4oc5ccccc5c4c3)cc2)cc1. The van der Waals surface area contributed by atoms with E-state index in [0.717, 1.165) is 50.4 Å². The molecule has 8 aromatic carbocycles. The molecule has 4 heteroatoms. The number of benzene rings is 8. The number of para-hydroxylation sites is 3. The first kappa shape index (κ1) is 30.3. The minimum atomic E-state index is 0.883. The maximum Gasteiger partial charge on any atom is 0.135 e. The van der Waals surface area contributed by atoms with Gasteiger partial charge in [-0.2, -0.15) is 0 Å². The van der Waals surface area contributed by atoms with E-state index in [0.29, 0.717) is 0 Å². The molecule has 0 spiro atoms. The summed E-state index contributed by atoms with van der Waals surface area (Å²) in [5.74, 6) is 0. The van der Waals surface area contributed by atoms with Crippen LogP contribution in [-0.4, -0.2) is 9.13 Å². The Kier molecular flexibility index (Phi) is 6.82. The number of nitrogens with zero attached hydrogens (tertiary/aromatic N) is 3. The van der Waals surface area contributed by atoms with Crippen LogP contribution in [0.2, 0.25) is 0 Å². The highest BCUT2D eigenvalue weighted by Crippen LogP contribution is 2.41. The van der Waals surface area contributed by atoms with Gasteiger partial charge in [0.2, 0.25) is 0 Å². The molecular weight excluding hydrogens is 659 g/mol. The number of hydrogen-bond acceptors (Lipinski definition) is 2. The van der Waals surface area contributed by atoms with Crippen molar-refractivity contribution in [2.75, 3.05) is 4.90 Å². The molecule has 0 atom stereocenters. The monoisotopic (exact) mass is 691 g/mol. The fraction of sp³-hybridized carbons (Fsp3) is 0.